The molecule has 0 aliphatic carbocycles. The molecule has 0 radical (unpaired) electrons. The summed E-state index contributed by atoms with van der Waals surface area (Å²) in [5.41, 5.74) is -0.926. The van der Waals surface area contributed by atoms with E-state index in [0.717, 1.165) is 12.1 Å². The maximum Gasteiger partial charge on any atom is 0.418 e. The lowest BCUT2D eigenvalue weighted by Gasteiger charge is -2.13. The average molecular weight is 352 g/mol. The summed E-state index contributed by atoms with van der Waals surface area (Å²) in [6.45, 7) is 0. The first-order valence-corrected chi connectivity index (χ1v) is 7.19. The van der Waals surface area contributed by atoms with Gasteiger partial charge in [0.1, 0.15) is 12.2 Å². The van der Waals surface area contributed by atoms with E-state index in [9.17, 15) is 22.8 Å². The van der Waals surface area contributed by atoms with Crippen molar-refractivity contribution in [1.29, 1.82) is 0 Å². The molecule has 0 heterocycles. The van der Waals surface area contributed by atoms with Gasteiger partial charge in [-0.2, -0.15) is 13.2 Å². The molecule has 132 valence electrons. The molecule has 0 atom stereocenters. The molecular weight excluding hydrogens is 337 g/mol. The van der Waals surface area contributed by atoms with E-state index in [1.165, 1.54) is 19.2 Å². The number of amides is 2. The van der Waals surface area contributed by atoms with Gasteiger partial charge in [0.15, 0.2) is 0 Å². The Kier molecular flexibility index (Phi) is 5.63. The summed E-state index contributed by atoms with van der Waals surface area (Å²) in [4.78, 5) is 23.7. The number of carbonyl (C=O) groups excluding carboxylic acids is 2. The normalized spacial score (nSPS) is 10.9. The Hall–Kier alpha value is -3.03. The molecule has 0 bridgehead atoms. The van der Waals surface area contributed by atoms with Crippen LogP contribution in [0.3, 0.4) is 0 Å². The number of hydrogen-bond donors (Lipinski definition) is 2. The van der Waals surface area contributed by atoms with Gasteiger partial charge in [-0.05, 0) is 36.4 Å². The number of methoxy groups -OCH3 is 1. The third-order valence-electron chi connectivity index (χ3n) is 3.20. The highest BCUT2D eigenvalue weighted by atomic mass is 19.4. The van der Waals surface area contributed by atoms with Gasteiger partial charge < -0.3 is 15.4 Å². The van der Waals surface area contributed by atoms with E-state index < -0.39 is 35.7 Å². The molecule has 2 N–H and O–H groups in total. The highest BCUT2D eigenvalue weighted by Crippen LogP contribution is 2.34. The number of nitrogens with one attached hydrogen (secondary N) is 2. The topological polar surface area (TPSA) is 67.4 Å². The lowest BCUT2D eigenvalue weighted by molar-refractivity contribution is -0.137. The molecule has 2 rings (SSSR count). The summed E-state index contributed by atoms with van der Waals surface area (Å²) in [6, 6.07) is 11.0. The van der Waals surface area contributed by atoms with E-state index in [2.05, 4.69) is 10.6 Å². The van der Waals surface area contributed by atoms with Crippen molar-refractivity contribution in [2.75, 3.05) is 17.7 Å². The molecule has 8 heteroatoms. The number of alkyl halides is 3. The average Bonchev–Trinajstić information content (AvgIpc) is 2.54. The molecule has 2 aromatic carbocycles. The SMILES string of the molecule is COc1ccc(NC(=O)CC(=O)Nc2ccccc2C(F)(F)F)cc1. The first-order valence-electron chi connectivity index (χ1n) is 7.19. The Balaban J connectivity index is 1.97. The minimum absolute atomic E-state index is 0.391. The van der Waals surface area contributed by atoms with Crippen LogP contribution in [0.1, 0.15) is 12.0 Å². The van der Waals surface area contributed by atoms with E-state index in [-0.39, 0.29) is 0 Å². The van der Waals surface area contributed by atoms with Crippen molar-refractivity contribution < 1.29 is 27.5 Å². The molecule has 25 heavy (non-hydrogen) atoms. The van der Waals surface area contributed by atoms with Crippen molar-refractivity contribution in [3.8, 4) is 5.75 Å². The Morgan fingerprint density at radius 3 is 2.16 bits per heavy atom. The summed E-state index contributed by atoms with van der Waals surface area (Å²) in [5, 5.41) is 4.59. The highest BCUT2D eigenvalue weighted by molar-refractivity contribution is 6.08. The van der Waals surface area contributed by atoms with Gasteiger partial charge in [-0.15, -0.1) is 0 Å². The molecule has 2 amide bonds. The predicted octanol–water partition coefficient (Wildman–Crippen LogP) is 3.68. The molecule has 0 saturated carbocycles. The lowest BCUT2D eigenvalue weighted by Crippen LogP contribution is -2.22. The molecule has 0 aromatic heterocycles. The van der Waals surface area contributed by atoms with E-state index in [1.54, 1.807) is 24.3 Å². The third kappa shape index (κ3) is 5.23. The Labute approximate surface area is 141 Å². The fourth-order valence-corrected chi connectivity index (χ4v) is 2.06. The quantitative estimate of drug-likeness (QED) is 0.807. The molecule has 0 fully saturated rings. The largest absolute Gasteiger partial charge is 0.497 e. The summed E-state index contributed by atoms with van der Waals surface area (Å²) in [6.07, 6.45) is -5.21. The van der Waals surface area contributed by atoms with E-state index >= 15 is 0 Å². The van der Waals surface area contributed by atoms with Gasteiger partial charge in [0.2, 0.25) is 11.8 Å². The molecule has 0 aliphatic heterocycles. The number of para-hydroxylation sites is 1. The minimum Gasteiger partial charge on any atom is -0.497 e. The summed E-state index contributed by atoms with van der Waals surface area (Å²) < 4.78 is 43.6. The van der Waals surface area contributed by atoms with E-state index in [1.807, 2.05) is 0 Å². The molecule has 2 aromatic rings. The van der Waals surface area contributed by atoms with Gasteiger partial charge in [0.25, 0.3) is 0 Å². The molecular formula is C17H15F3N2O3. The van der Waals surface area contributed by atoms with Crippen LogP contribution >= 0.6 is 0 Å². The van der Waals surface area contributed by atoms with Gasteiger partial charge in [-0.25, -0.2) is 0 Å². The van der Waals surface area contributed by atoms with E-state index in [0.29, 0.717) is 11.4 Å². The Morgan fingerprint density at radius 2 is 1.56 bits per heavy atom. The Morgan fingerprint density at radius 1 is 0.960 bits per heavy atom. The number of benzene rings is 2. The van der Waals surface area contributed by atoms with Gasteiger partial charge in [0.05, 0.1) is 18.4 Å². The van der Waals surface area contributed by atoms with Crippen molar-refractivity contribution >= 4 is 23.2 Å². The summed E-state index contributed by atoms with van der Waals surface area (Å²) in [7, 11) is 1.50. The summed E-state index contributed by atoms with van der Waals surface area (Å²) in [5.74, 6) is -0.894. The van der Waals surface area contributed by atoms with Crippen molar-refractivity contribution in [3.05, 3.63) is 54.1 Å². The zero-order valence-electron chi connectivity index (χ0n) is 13.2. The number of carbonyl (C=O) groups is 2. The first-order chi connectivity index (χ1) is 11.8. The fourth-order valence-electron chi connectivity index (χ4n) is 2.06. The number of anilines is 2. The maximum atomic E-state index is 12.9. The molecule has 0 spiro atoms. The second kappa shape index (κ2) is 7.69. The molecule has 0 unspecified atom stereocenters. The van der Waals surface area contributed by atoms with E-state index in [4.69, 9.17) is 4.74 Å². The van der Waals surface area contributed by atoms with Gasteiger partial charge in [-0.3, -0.25) is 9.59 Å². The van der Waals surface area contributed by atoms with Crippen molar-refractivity contribution in [2.24, 2.45) is 0 Å². The van der Waals surface area contributed by atoms with Crippen LogP contribution in [0.5, 0.6) is 5.75 Å². The minimum atomic E-state index is -4.60. The number of ether oxygens (including phenoxy) is 1. The van der Waals surface area contributed by atoms with Crippen LogP contribution in [-0.2, 0) is 15.8 Å². The molecule has 5 nitrogen and oxygen atoms in total. The van der Waals surface area contributed by atoms with Crippen LogP contribution in [-0.4, -0.2) is 18.9 Å². The van der Waals surface area contributed by atoms with Crippen LogP contribution in [0, 0.1) is 0 Å². The zero-order chi connectivity index (χ0) is 18.4. The van der Waals surface area contributed by atoms with Gasteiger partial charge in [-0.1, -0.05) is 12.1 Å². The van der Waals surface area contributed by atoms with Crippen LogP contribution < -0.4 is 15.4 Å². The number of halogens is 3. The van der Waals surface area contributed by atoms with Crippen molar-refractivity contribution in [3.63, 3.8) is 0 Å². The van der Waals surface area contributed by atoms with Crippen LogP contribution in [0.15, 0.2) is 48.5 Å². The van der Waals surface area contributed by atoms with Crippen LogP contribution in [0.4, 0.5) is 24.5 Å². The lowest BCUT2D eigenvalue weighted by atomic mass is 10.1. The number of rotatable bonds is 5. The van der Waals surface area contributed by atoms with Crippen LogP contribution in [0.2, 0.25) is 0 Å². The highest BCUT2D eigenvalue weighted by Gasteiger charge is 2.33. The van der Waals surface area contributed by atoms with Gasteiger partial charge >= 0.3 is 6.18 Å². The maximum absolute atomic E-state index is 12.9. The van der Waals surface area contributed by atoms with Crippen LogP contribution in [0.25, 0.3) is 0 Å². The monoisotopic (exact) mass is 352 g/mol. The van der Waals surface area contributed by atoms with Crippen molar-refractivity contribution in [1.82, 2.24) is 0 Å². The number of hydrogen-bond acceptors (Lipinski definition) is 3. The van der Waals surface area contributed by atoms with Gasteiger partial charge in [0, 0.05) is 5.69 Å². The third-order valence-corrected chi connectivity index (χ3v) is 3.20. The zero-order valence-corrected chi connectivity index (χ0v) is 13.2. The molecule has 0 saturated heterocycles. The second-order valence-electron chi connectivity index (χ2n) is 5.04. The predicted molar refractivity (Wildman–Crippen MR) is 86.3 cm³/mol. The smallest absolute Gasteiger partial charge is 0.418 e. The molecule has 0 aliphatic rings. The second-order valence-corrected chi connectivity index (χ2v) is 5.04. The van der Waals surface area contributed by atoms with Crippen molar-refractivity contribution in [2.45, 2.75) is 12.6 Å². The first kappa shape index (κ1) is 18.3. The fraction of sp³-hybridized carbons (Fsp3) is 0.176. The standard InChI is InChI=1S/C17H15F3N2O3/c1-25-12-8-6-11(7-9-12)21-15(23)10-16(24)22-14-5-3-2-4-13(14)17(18,19)20/h2-9H,10H2,1H3,(H,21,23)(H,22,24). The Bertz CT molecular complexity index is 758. The summed E-state index contributed by atoms with van der Waals surface area (Å²) >= 11 is 0.